The molecule has 4 rings (SSSR count). The summed E-state index contributed by atoms with van der Waals surface area (Å²) in [6.07, 6.45) is -0.189. The van der Waals surface area contributed by atoms with Gasteiger partial charge in [-0.05, 0) is 47.5 Å². The third-order valence-electron chi connectivity index (χ3n) is 5.86. The molecule has 9 nitrogen and oxygen atoms in total. The van der Waals surface area contributed by atoms with Gasteiger partial charge in [0.25, 0.3) is 0 Å². The SMILES string of the molecule is COc1ccc(C/C(C(=O)c2cc(OC)c(OC)c(OC)c2)=C(\C(=O)O)c2ccc3nsnc3c2)cc1F. The minimum absolute atomic E-state index is 0.0233. The van der Waals surface area contributed by atoms with Crippen molar-refractivity contribution in [3.63, 3.8) is 0 Å². The molecule has 0 bridgehead atoms. The molecule has 0 saturated carbocycles. The fourth-order valence-corrected chi connectivity index (χ4v) is 4.57. The lowest BCUT2D eigenvalue weighted by atomic mass is 9.89. The summed E-state index contributed by atoms with van der Waals surface area (Å²) in [5.41, 5.74) is 1.46. The zero-order valence-electron chi connectivity index (χ0n) is 20.9. The van der Waals surface area contributed by atoms with E-state index in [0.717, 1.165) is 11.7 Å². The van der Waals surface area contributed by atoms with Crippen molar-refractivity contribution in [2.24, 2.45) is 0 Å². The first kappa shape index (κ1) is 26.6. The molecule has 196 valence electrons. The number of carbonyl (C=O) groups excluding carboxylic acids is 1. The highest BCUT2D eigenvalue weighted by Crippen LogP contribution is 2.39. The van der Waals surface area contributed by atoms with E-state index in [4.69, 9.17) is 18.9 Å². The van der Waals surface area contributed by atoms with E-state index in [2.05, 4.69) is 8.75 Å². The fourth-order valence-electron chi connectivity index (χ4n) is 4.06. The summed E-state index contributed by atoms with van der Waals surface area (Å²) in [7, 11) is 5.57. The van der Waals surface area contributed by atoms with E-state index < -0.39 is 17.6 Å². The van der Waals surface area contributed by atoms with E-state index in [1.54, 1.807) is 24.3 Å². The van der Waals surface area contributed by atoms with Crippen molar-refractivity contribution >= 4 is 40.1 Å². The Morgan fingerprint density at radius 1 is 0.816 bits per heavy atom. The monoisotopic (exact) mass is 538 g/mol. The molecule has 0 unspecified atom stereocenters. The van der Waals surface area contributed by atoms with Crippen molar-refractivity contribution in [1.29, 1.82) is 0 Å². The number of aliphatic carboxylic acids is 1. The molecule has 0 fully saturated rings. The number of aromatic nitrogens is 2. The van der Waals surface area contributed by atoms with Gasteiger partial charge in [-0.25, -0.2) is 9.18 Å². The van der Waals surface area contributed by atoms with Gasteiger partial charge in [0, 0.05) is 17.6 Å². The minimum atomic E-state index is -1.34. The zero-order chi connectivity index (χ0) is 27.4. The minimum Gasteiger partial charge on any atom is -0.494 e. The lowest BCUT2D eigenvalue weighted by Crippen LogP contribution is -2.14. The maximum absolute atomic E-state index is 14.5. The maximum atomic E-state index is 14.5. The Hall–Kier alpha value is -4.51. The van der Waals surface area contributed by atoms with Crippen LogP contribution in [0.5, 0.6) is 23.0 Å². The molecule has 38 heavy (non-hydrogen) atoms. The first-order chi connectivity index (χ1) is 18.3. The van der Waals surface area contributed by atoms with E-state index >= 15 is 0 Å². The average Bonchev–Trinajstić information content (AvgIpc) is 3.39. The van der Waals surface area contributed by atoms with Crippen LogP contribution in [0, 0.1) is 5.82 Å². The summed E-state index contributed by atoms with van der Waals surface area (Å²) >= 11 is 0.989. The van der Waals surface area contributed by atoms with E-state index in [0.29, 0.717) is 16.6 Å². The number of carboxylic acids is 1. The van der Waals surface area contributed by atoms with E-state index in [9.17, 15) is 19.1 Å². The predicted molar refractivity (Wildman–Crippen MR) is 139 cm³/mol. The zero-order valence-corrected chi connectivity index (χ0v) is 21.7. The van der Waals surface area contributed by atoms with Gasteiger partial charge >= 0.3 is 5.97 Å². The molecule has 0 spiro atoms. The molecular formula is C27H23FN2O7S. The second-order valence-corrected chi connectivity index (χ2v) is 8.54. The van der Waals surface area contributed by atoms with Crippen LogP contribution in [0.15, 0.2) is 54.1 Å². The molecule has 1 aromatic heterocycles. The number of halogens is 1. The van der Waals surface area contributed by atoms with E-state index in [1.165, 1.54) is 52.7 Å². The van der Waals surface area contributed by atoms with E-state index in [-0.39, 0.29) is 51.7 Å². The maximum Gasteiger partial charge on any atom is 0.336 e. The number of rotatable bonds is 10. The fraction of sp³-hybridized carbons (Fsp3) is 0.185. The van der Waals surface area contributed by atoms with Crippen molar-refractivity contribution in [3.05, 3.63) is 76.6 Å². The Balaban J connectivity index is 1.95. The molecule has 0 saturated heterocycles. The lowest BCUT2D eigenvalue weighted by Gasteiger charge is -2.16. The summed E-state index contributed by atoms with van der Waals surface area (Å²) in [5, 5.41) is 10.3. The van der Waals surface area contributed by atoms with Gasteiger partial charge in [-0.1, -0.05) is 12.1 Å². The number of ether oxygens (including phenoxy) is 4. The third kappa shape index (κ3) is 5.14. The summed E-state index contributed by atoms with van der Waals surface area (Å²) < 4.78 is 43.9. The molecule has 0 amide bonds. The molecule has 1 N–H and O–H groups in total. The third-order valence-corrected chi connectivity index (χ3v) is 6.41. The van der Waals surface area contributed by atoms with Crippen LogP contribution in [0.3, 0.4) is 0 Å². The highest BCUT2D eigenvalue weighted by atomic mass is 32.1. The van der Waals surface area contributed by atoms with Gasteiger partial charge in [0.05, 0.1) is 45.7 Å². The van der Waals surface area contributed by atoms with E-state index in [1.807, 2.05) is 0 Å². The molecule has 0 radical (unpaired) electrons. The number of fused-ring (bicyclic) bond motifs is 1. The first-order valence-electron chi connectivity index (χ1n) is 11.2. The lowest BCUT2D eigenvalue weighted by molar-refractivity contribution is -0.130. The van der Waals surface area contributed by atoms with Crippen molar-refractivity contribution in [1.82, 2.24) is 8.75 Å². The second-order valence-electron chi connectivity index (χ2n) is 8.02. The van der Waals surface area contributed by atoms with Crippen LogP contribution in [0.2, 0.25) is 0 Å². The van der Waals surface area contributed by atoms with Crippen molar-refractivity contribution in [3.8, 4) is 23.0 Å². The predicted octanol–water partition coefficient (Wildman–Crippen LogP) is 4.83. The summed E-state index contributed by atoms with van der Waals surface area (Å²) in [5.74, 6) is -1.86. The normalized spacial score (nSPS) is 11.6. The van der Waals surface area contributed by atoms with Gasteiger partial charge in [-0.2, -0.15) is 8.75 Å². The second kappa shape index (κ2) is 11.3. The standard InChI is InChI=1S/C27H23FN2O7S/c1-34-21-8-5-14(10-18(21)28)9-17(24(27(32)33)15-6-7-19-20(11-15)30-38-29-19)25(31)16-12-22(35-2)26(37-4)23(13-16)36-3/h5-8,10-13H,9H2,1-4H3,(H,32,33)/b24-17+. The smallest absolute Gasteiger partial charge is 0.336 e. The molecule has 0 atom stereocenters. The van der Waals surface area contributed by atoms with Crippen LogP contribution in [0.25, 0.3) is 16.6 Å². The molecule has 0 aliphatic heterocycles. The van der Waals surface area contributed by atoms with Gasteiger partial charge in [0.15, 0.2) is 28.8 Å². The molecular weight excluding hydrogens is 515 g/mol. The van der Waals surface area contributed by atoms with Crippen molar-refractivity contribution in [2.45, 2.75) is 6.42 Å². The van der Waals surface area contributed by atoms with Gasteiger partial charge in [-0.15, -0.1) is 0 Å². The quantitative estimate of drug-likeness (QED) is 0.224. The summed E-state index contributed by atoms with van der Waals surface area (Å²) in [4.78, 5) is 26.7. The number of Topliss-reactive ketones (excluding diaryl/α,β-unsaturated/α-hetero) is 1. The molecule has 4 aromatic rings. The highest BCUT2D eigenvalue weighted by molar-refractivity contribution is 7.00. The van der Waals surface area contributed by atoms with Crippen LogP contribution < -0.4 is 18.9 Å². The number of nitrogens with zero attached hydrogens (tertiary/aromatic N) is 2. The highest BCUT2D eigenvalue weighted by Gasteiger charge is 2.27. The summed E-state index contributed by atoms with van der Waals surface area (Å²) in [6, 6.07) is 11.8. The Labute approximate surface area is 221 Å². The van der Waals surface area contributed by atoms with Gasteiger partial charge in [0.2, 0.25) is 5.75 Å². The first-order valence-corrected chi connectivity index (χ1v) is 11.9. The summed E-state index contributed by atoms with van der Waals surface area (Å²) in [6.45, 7) is 0. The number of methoxy groups -OCH3 is 4. The molecule has 0 aliphatic rings. The van der Waals surface area contributed by atoms with Crippen LogP contribution in [0.4, 0.5) is 4.39 Å². The average molecular weight is 539 g/mol. The topological polar surface area (TPSA) is 117 Å². The largest absolute Gasteiger partial charge is 0.494 e. The van der Waals surface area contributed by atoms with Crippen LogP contribution in [-0.2, 0) is 11.2 Å². The molecule has 0 aliphatic carbocycles. The Bertz CT molecular complexity index is 1540. The number of ketones is 1. The van der Waals surface area contributed by atoms with Gasteiger partial charge in [-0.3, -0.25) is 4.79 Å². The van der Waals surface area contributed by atoms with Crippen LogP contribution >= 0.6 is 11.7 Å². The Morgan fingerprint density at radius 3 is 2.05 bits per heavy atom. The molecule has 3 aromatic carbocycles. The number of carboxylic acid groups (broad SMARTS) is 1. The molecule has 11 heteroatoms. The molecule has 1 heterocycles. The number of benzene rings is 3. The van der Waals surface area contributed by atoms with Gasteiger partial charge < -0.3 is 24.1 Å². The van der Waals surface area contributed by atoms with Crippen molar-refractivity contribution < 1.29 is 38.0 Å². The van der Waals surface area contributed by atoms with Crippen LogP contribution in [-0.4, -0.2) is 54.0 Å². The Kier molecular flexibility index (Phi) is 7.87. The van der Waals surface area contributed by atoms with Crippen LogP contribution in [0.1, 0.15) is 21.5 Å². The number of allylic oxidation sites excluding steroid dienone is 1. The van der Waals surface area contributed by atoms with Crippen molar-refractivity contribution in [2.75, 3.05) is 28.4 Å². The number of hydrogen-bond donors (Lipinski definition) is 1. The number of carbonyl (C=O) groups is 2. The Morgan fingerprint density at radius 2 is 1.47 bits per heavy atom. The number of hydrogen-bond acceptors (Lipinski definition) is 9. The van der Waals surface area contributed by atoms with Gasteiger partial charge in [0.1, 0.15) is 11.0 Å².